The maximum absolute atomic E-state index is 2.55. The Morgan fingerprint density at radius 2 is 1.04 bits per heavy atom. The minimum absolute atomic E-state index is 0. The van der Waals surface area contributed by atoms with Gasteiger partial charge in [-0.15, -0.1) is 0 Å². The second kappa shape index (κ2) is 7.61. The zero-order valence-corrected chi connectivity index (χ0v) is 19.5. The van der Waals surface area contributed by atoms with Crippen molar-refractivity contribution >= 4 is 25.4 Å². The third kappa shape index (κ3) is 2.83. The summed E-state index contributed by atoms with van der Waals surface area (Å²) in [6.07, 6.45) is 5.09. The summed E-state index contributed by atoms with van der Waals surface area (Å²) in [6, 6.07) is 29.6. The van der Waals surface area contributed by atoms with Crippen LogP contribution in [0.25, 0.3) is 12.2 Å². The molecule has 1 fully saturated rings. The van der Waals surface area contributed by atoms with Crippen molar-refractivity contribution < 1.29 is 32.3 Å². The molecule has 0 saturated carbocycles. The monoisotopic (exact) mass is 554 g/mol. The van der Waals surface area contributed by atoms with Crippen molar-refractivity contribution in [3.63, 3.8) is 0 Å². The number of fused-ring (bicyclic) bond motifs is 6. The molecule has 0 bridgehead atoms. The molecule has 0 N–H and O–H groups in total. The van der Waals surface area contributed by atoms with E-state index in [0.717, 1.165) is 7.35 Å². The second-order valence-corrected chi connectivity index (χ2v) is 14.7. The Kier molecular flexibility index (Phi) is 5.33. The smallest absolute Gasteiger partial charge is 1.00 e. The third-order valence-electron chi connectivity index (χ3n) is 5.68. The van der Waals surface area contributed by atoms with E-state index in [1.807, 2.05) is 0 Å². The molecule has 2 atom stereocenters. The molecule has 0 aromatic heterocycles. The number of halogens is 2. The Morgan fingerprint density at radius 1 is 0.571 bits per heavy atom. The van der Waals surface area contributed by atoms with Gasteiger partial charge in [-0.2, -0.15) is 0 Å². The largest absolute Gasteiger partial charge is 1.00 e. The van der Waals surface area contributed by atoms with Gasteiger partial charge in [0.2, 0.25) is 0 Å². The Hall–Kier alpha value is -1.70. The minimum atomic E-state index is -0.919. The van der Waals surface area contributed by atoms with Crippen LogP contribution in [0.2, 0.25) is 0 Å². The van der Waals surface area contributed by atoms with E-state index in [2.05, 4.69) is 91.0 Å². The summed E-state index contributed by atoms with van der Waals surface area (Å²) >= 11 is -0.919. The van der Waals surface area contributed by atoms with Crippen LogP contribution in [0, 0.1) is 0 Å². The first kappa shape index (κ1) is 19.6. The van der Waals surface area contributed by atoms with Crippen molar-refractivity contribution in [2.75, 3.05) is 0 Å². The van der Waals surface area contributed by atoms with Crippen LogP contribution in [0.15, 0.2) is 89.5 Å². The Balaban J connectivity index is 0.000000961. The quantitative estimate of drug-likeness (QED) is 0.297. The minimum Gasteiger partial charge on any atom is -1.00 e. The molecule has 0 radical (unpaired) electrons. The topological polar surface area (TPSA) is 0 Å². The maximum Gasteiger partial charge on any atom is -1.00 e. The van der Waals surface area contributed by atoms with E-state index in [9.17, 15) is 0 Å². The molecule has 2 aliphatic carbocycles. The molecule has 2 unspecified atom stereocenters. The average Bonchev–Trinajstić information content (AvgIpc) is 3.25. The Bertz CT molecular complexity index is 1020. The van der Waals surface area contributed by atoms with Gasteiger partial charge in [-0.25, -0.2) is 0 Å². The molecular weight excluding hydrogens is 536 g/mol. The molecule has 3 aromatic carbocycles. The van der Waals surface area contributed by atoms with Crippen LogP contribution < -0.4 is 14.7 Å². The zero-order chi connectivity index (χ0) is 17.1. The first-order valence-electron chi connectivity index (χ1n) is 9.12. The fourth-order valence-corrected chi connectivity index (χ4v) is 17.4. The van der Waals surface area contributed by atoms with Crippen molar-refractivity contribution in [2.24, 2.45) is 0 Å². The van der Waals surface area contributed by atoms with E-state index in [-0.39, 0.29) is 17.3 Å². The van der Waals surface area contributed by atoms with Crippen LogP contribution in [-0.2, 0) is 22.9 Å². The van der Waals surface area contributed by atoms with E-state index >= 15 is 0 Å². The van der Waals surface area contributed by atoms with Crippen molar-refractivity contribution in [2.45, 2.75) is 7.35 Å². The molecule has 0 amide bonds. The summed E-state index contributed by atoms with van der Waals surface area (Å²) in [5.41, 5.74) is 6.21. The molecular formula is C24H17F2HfP. The van der Waals surface area contributed by atoms with Crippen LogP contribution in [0.4, 0.5) is 0 Å². The van der Waals surface area contributed by atoms with Gasteiger partial charge in [0, 0.05) is 0 Å². The first-order valence-corrected chi connectivity index (χ1v) is 14.6. The summed E-state index contributed by atoms with van der Waals surface area (Å²) in [4.78, 5) is 0. The number of rotatable bonds is 1. The number of hydrogen-bond donors (Lipinski definition) is 0. The summed E-state index contributed by atoms with van der Waals surface area (Å²) < 4.78 is 1.54. The fourth-order valence-electron chi connectivity index (χ4n) is 4.54. The van der Waals surface area contributed by atoms with E-state index in [4.69, 9.17) is 0 Å². The van der Waals surface area contributed by atoms with Crippen LogP contribution in [0.1, 0.15) is 29.6 Å². The average molecular weight is 553 g/mol. The normalized spacial score (nSPS) is 22.5. The van der Waals surface area contributed by atoms with Gasteiger partial charge in [-0.3, -0.25) is 0 Å². The van der Waals surface area contributed by atoms with Crippen molar-refractivity contribution in [3.8, 4) is 0 Å². The van der Waals surface area contributed by atoms with Crippen LogP contribution >= 0.6 is 7.92 Å². The predicted molar refractivity (Wildman–Crippen MR) is 107 cm³/mol. The first-order chi connectivity index (χ1) is 12.9. The molecule has 0 nitrogen and oxygen atoms in total. The molecule has 3 aromatic rings. The molecule has 6 rings (SSSR count). The SMILES string of the molecule is C1=C2[CH]([Hf+2][CH]3C(=Cc4ccccc43)P2c2ccccc2)c2ccccc21.[F-].[F-]. The van der Waals surface area contributed by atoms with Gasteiger partial charge in [0.25, 0.3) is 0 Å². The molecule has 3 aliphatic rings. The Morgan fingerprint density at radius 3 is 1.57 bits per heavy atom. The molecule has 0 spiro atoms. The number of hydrogen-bond acceptors (Lipinski definition) is 0. The molecule has 1 aliphatic heterocycles. The van der Waals surface area contributed by atoms with E-state index < -0.39 is 22.9 Å². The zero-order valence-electron chi connectivity index (χ0n) is 15.0. The molecule has 1 heterocycles. The second-order valence-electron chi connectivity index (χ2n) is 7.10. The molecule has 136 valence electrons. The summed E-state index contributed by atoms with van der Waals surface area (Å²) in [5.74, 6) is 0. The molecule has 4 heteroatoms. The van der Waals surface area contributed by atoms with Crippen LogP contribution in [0.3, 0.4) is 0 Å². The third-order valence-corrected chi connectivity index (χ3v) is 16.9. The molecule has 1 saturated heterocycles. The van der Waals surface area contributed by atoms with Crippen LogP contribution in [-0.4, -0.2) is 0 Å². The number of allylic oxidation sites excluding steroid dienone is 2. The fraction of sp³-hybridized carbons (Fsp3) is 0.0833. The van der Waals surface area contributed by atoms with E-state index in [1.54, 1.807) is 21.8 Å². The van der Waals surface area contributed by atoms with E-state index in [0.29, 0.717) is 0 Å². The van der Waals surface area contributed by atoms with Gasteiger partial charge in [0.15, 0.2) is 0 Å². The van der Waals surface area contributed by atoms with Gasteiger partial charge in [0.1, 0.15) is 0 Å². The maximum atomic E-state index is 2.55. The molecule has 28 heavy (non-hydrogen) atoms. The summed E-state index contributed by atoms with van der Waals surface area (Å²) in [6.45, 7) is 0. The van der Waals surface area contributed by atoms with Gasteiger partial charge in [0.05, 0.1) is 0 Å². The van der Waals surface area contributed by atoms with Gasteiger partial charge in [-0.05, 0) is 0 Å². The number of benzene rings is 3. The van der Waals surface area contributed by atoms with Gasteiger partial charge in [-0.1, -0.05) is 0 Å². The van der Waals surface area contributed by atoms with Gasteiger partial charge < -0.3 is 9.41 Å². The standard InChI is InChI=1S/C24H17P.2FH.Hf/c1-2-12-22(13-3-1)25(23-14-18-8-4-5-9-19(18)15-23)24-16-20-10-6-7-11-21(20)17-24;;;/h1-17H;2*1H;/q;;;+2/p-2. The van der Waals surface area contributed by atoms with Crippen LogP contribution in [0.5, 0.6) is 0 Å². The summed E-state index contributed by atoms with van der Waals surface area (Å²) in [7, 11) is -0.369. The van der Waals surface area contributed by atoms with Crippen molar-refractivity contribution in [3.05, 3.63) is 112 Å². The van der Waals surface area contributed by atoms with Gasteiger partial charge >= 0.3 is 167 Å². The predicted octanol–water partition coefficient (Wildman–Crippen LogP) is 0.0895. The van der Waals surface area contributed by atoms with E-state index in [1.165, 1.54) is 16.4 Å². The van der Waals surface area contributed by atoms with Crippen molar-refractivity contribution in [1.82, 2.24) is 0 Å². The van der Waals surface area contributed by atoms with Crippen molar-refractivity contribution in [1.29, 1.82) is 0 Å². The Labute approximate surface area is 176 Å². The summed E-state index contributed by atoms with van der Waals surface area (Å²) in [5, 5.41) is 5.01.